The maximum Gasteiger partial charge on any atom is 0.352 e. The molecule has 1 heterocycles. The Hall–Kier alpha value is -3.02. The minimum absolute atomic E-state index is 0.171. The standard InChI is InChI=1S/C22H25NO5/c1-16(21(24)23-14-8-9-15-23)27-22(25)20(17-10-4-3-5-11-17)28-19-13-7-6-12-18(19)26-2/h3-7,10-13,16,20H,8-9,14-15H2,1-2H3/t16-,20+/m0/s1. The second kappa shape index (κ2) is 9.26. The van der Waals surface area contributed by atoms with Gasteiger partial charge in [-0.1, -0.05) is 42.5 Å². The van der Waals surface area contributed by atoms with Crippen LogP contribution in [0.15, 0.2) is 54.6 Å². The van der Waals surface area contributed by atoms with E-state index in [0.29, 0.717) is 30.2 Å². The van der Waals surface area contributed by atoms with Gasteiger partial charge in [0.25, 0.3) is 5.91 Å². The van der Waals surface area contributed by atoms with E-state index < -0.39 is 18.2 Å². The number of nitrogens with zero attached hydrogens (tertiary/aromatic N) is 1. The minimum Gasteiger partial charge on any atom is -0.493 e. The van der Waals surface area contributed by atoms with Crippen LogP contribution in [0.2, 0.25) is 0 Å². The molecular formula is C22H25NO5. The number of esters is 1. The van der Waals surface area contributed by atoms with Crippen LogP contribution in [0.25, 0.3) is 0 Å². The zero-order chi connectivity index (χ0) is 19.9. The third-order valence-electron chi connectivity index (χ3n) is 4.69. The number of benzene rings is 2. The van der Waals surface area contributed by atoms with Gasteiger partial charge in [0.05, 0.1) is 7.11 Å². The van der Waals surface area contributed by atoms with E-state index in [1.165, 1.54) is 7.11 Å². The van der Waals surface area contributed by atoms with E-state index in [0.717, 1.165) is 12.8 Å². The molecule has 0 aromatic heterocycles. The molecule has 0 N–H and O–H groups in total. The SMILES string of the molecule is COc1ccccc1O[C@@H](C(=O)O[C@@H](C)C(=O)N1CCCC1)c1ccccc1. The molecule has 3 rings (SSSR count). The fourth-order valence-corrected chi connectivity index (χ4v) is 3.20. The van der Waals surface area contributed by atoms with Gasteiger partial charge >= 0.3 is 5.97 Å². The van der Waals surface area contributed by atoms with Gasteiger partial charge in [0.1, 0.15) is 0 Å². The van der Waals surface area contributed by atoms with Crippen molar-refractivity contribution in [2.24, 2.45) is 0 Å². The molecule has 6 nitrogen and oxygen atoms in total. The first-order valence-corrected chi connectivity index (χ1v) is 9.44. The van der Waals surface area contributed by atoms with Crippen molar-refractivity contribution >= 4 is 11.9 Å². The Balaban J connectivity index is 1.78. The van der Waals surface area contributed by atoms with Gasteiger partial charge in [0, 0.05) is 18.7 Å². The lowest BCUT2D eigenvalue weighted by molar-refractivity contribution is -0.164. The maximum atomic E-state index is 12.9. The lowest BCUT2D eigenvalue weighted by Crippen LogP contribution is -2.39. The number of rotatable bonds is 7. The van der Waals surface area contributed by atoms with Crippen LogP contribution in [0.4, 0.5) is 0 Å². The first kappa shape index (κ1) is 19.7. The average molecular weight is 383 g/mol. The summed E-state index contributed by atoms with van der Waals surface area (Å²) < 4.78 is 16.8. The molecule has 2 aromatic carbocycles. The van der Waals surface area contributed by atoms with E-state index >= 15 is 0 Å². The van der Waals surface area contributed by atoms with E-state index in [1.54, 1.807) is 42.2 Å². The summed E-state index contributed by atoms with van der Waals surface area (Å²) in [5.74, 6) is 0.152. The van der Waals surface area contributed by atoms with E-state index in [1.807, 2.05) is 24.3 Å². The number of para-hydroxylation sites is 2. The number of hydrogen-bond acceptors (Lipinski definition) is 5. The highest BCUT2D eigenvalue weighted by atomic mass is 16.6. The fraction of sp³-hybridized carbons (Fsp3) is 0.364. The molecule has 1 aliphatic heterocycles. The van der Waals surface area contributed by atoms with Gasteiger partial charge < -0.3 is 19.1 Å². The number of amides is 1. The third kappa shape index (κ3) is 4.63. The van der Waals surface area contributed by atoms with Crippen molar-refractivity contribution < 1.29 is 23.8 Å². The van der Waals surface area contributed by atoms with Crippen molar-refractivity contribution in [3.63, 3.8) is 0 Å². The lowest BCUT2D eigenvalue weighted by Gasteiger charge is -2.24. The quantitative estimate of drug-likeness (QED) is 0.686. The van der Waals surface area contributed by atoms with Gasteiger partial charge in [-0.3, -0.25) is 4.79 Å². The molecule has 28 heavy (non-hydrogen) atoms. The Morgan fingerprint density at radius 2 is 1.54 bits per heavy atom. The molecule has 0 unspecified atom stereocenters. The van der Waals surface area contributed by atoms with Crippen LogP contribution >= 0.6 is 0 Å². The molecule has 0 aliphatic carbocycles. The summed E-state index contributed by atoms with van der Waals surface area (Å²) in [5.41, 5.74) is 0.638. The topological polar surface area (TPSA) is 65.1 Å². The summed E-state index contributed by atoms with van der Waals surface area (Å²) in [7, 11) is 1.54. The Morgan fingerprint density at radius 3 is 2.18 bits per heavy atom. The predicted octanol–water partition coefficient (Wildman–Crippen LogP) is 3.37. The Labute approximate surface area is 165 Å². The number of likely N-dealkylation sites (tertiary alicyclic amines) is 1. The number of carbonyl (C=O) groups excluding carboxylic acids is 2. The van der Waals surface area contributed by atoms with Gasteiger partial charge in [0.15, 0.2) is 17.6 Å². The lowest BCUT2D eigenvalue weighted by atomic mass is 10.1. The first-order chi connectivity index (χ1) is 13.6. The van der Waals surface area contributed by atoms with Crippen LogP contribution in [0.1, 0.15) is 31.4 Å². The van der Waals surface area contributed by atoms with Crippen molar-refractivity contribution in [1.82, 2.24) is 4.90 Å². The summed E-state index contributed by atoms with van der Waals surface area (Å²) in [5, 5.41) is 0. The van der Waals surface area contributed by atoms with Crippen LogP contribution in [-0.2, 0) is 14.3 Å². The van der Waals surface area contributed by atoms with Gasteiger partial charge in [-0.25, -0.2) is 4.79 Å². The van der Waals surface area contributed by atoms with Gasteiger partial charge in [-0.15, -0.1) is 0 Å². The average Bonchev–Trinajstić information content (AvgIpc) is 3.27. The van der Waals surface area contributed by atoms with E-state index in [2.05, 4.69) is 0 Å². The highest BCUT2D eigenvalue weighted by Crippen LogP contribution is 2.31. The van der Waals surface area contributed by atoms with Crippen LogP contribution in [-0.4, -0.2) is 43.1 Å². The van der Waals surface area contributed by atoms with E-state index in [-0.39, 0.29) is 5.91 Å². The second-order valence-electron chi connectivity index (χ2n) is 6.67. The molecule has 0 spiro atoms. The Bertz CT molecular complexity index is 802. The molecule has 2 atom stereocenters. The predicted molar refractivity (Wildman–Crippen MR) is 104 cm³/mol. The van der Waals surface area contributed by atoms with Crippen LogP contribution in [0.3, 0.4) is 0 Å². The van der Waals surface area contributed by atoms with Crippen molar-refractivity contribution in [3.05, 3.63) is 60.2 Å². The summed E-state index contributed by atoms with van der Waals surface area (Å²) in [4.78, 5) is 27.1. The molecule has 2 aromatic rings. The monoisotopic (exact) mass is 383 g/mol. The summed E-state index contributed by atoms with van der Waals surface area (Å²) in [6.07, 6.45) is 0.0933. The molecular weight excluding hydrogens is 358 g/mol. The van der Waals surface area contributed by atoms with E-state index in [9.17, 15) is 9.59 Å². The number of methoxy groups -OCH3 is 1. The van der Waals surface area contributed by atoms with Gasteiger partial charge in [-0.2, -0.15) is 0 Å². The number of hydrogen-bond donors (Lipinski definition) is 0. The fourth-order valence-electron chi connectivity index (χ4n) is 3.20. The Morgan fingerprint density at radius 1 is 0.929 bits per heavy atom. The van der Waals surface area contributed by atoms with Crippen molar-refractivity contribution in [1.29, 1.82) is 0 Å². The van der Waals surface area contributed by atoms with Gasteiger partial charge in [0.2, 0.25) is 6.10 Å². The molecule has 0 radical (unpaired) electrons. The summed E-state index contributed by atoms with van der Waals surface area (Å²) in [6, 6.07) is 16.2. The third-order valence-corrected chi connectivity index (χ3v) is 4.69. The molecule has 148 valence electrons. The first-order valence-electron chi connectivity index (χ1n) is 9.44. The van der Waals surface area contributed by atoms with Crippen LogP contribution < -0.4 is 9.47 Å². The van der Waals surface area contributed by atoms with Crippen molar-refractivity contribution in [2.75, 3.05) is 20.2 Å². The molecule has 1 aliphatic rings. The molecule has 0 saturated carbocycles. The highest BCUT2D eigenvalue weighted by molar-refractivity contribution is 5.85. The smallest absolute Gasteiger partial charge is 0.352 e. The normalized spacial score (nSPS) is 15.6. The summed E-state index contributed by atoms with van der Waals surface area (Å²) >= 11 is 0. The number of carbonyl (C=O) groups is 2. The van der Waals surface area contributed by atoms with Crippen LogP contribution in [0.5, 0.6) is 11.5 Å². The van der Waals surface area contributed by atoms with Gasteiger partial charge in [-0.05, 0) is 31.9 Å². The largest absolute Gasteiger partial charge is 0.493 e. The summed E-state index contributed by atoms with van der Waals surface area (Å²) in [6.45, 7) is 3.02. The molecule has 0 bridgehead atoms. The highest BCUT2D eigenvalue weighted by Gasteiger charge is 2.31. The molecule has 1 saturated heterocycles. The van der Waals surface area contributed by atoms with Crippen LogP contribution in [0, 0.1) is 0 Å². The Kier molecular flexibility index (Phi) is 6.53. The molecule has 1 amide bonds. The zero-order valence-corrected chi connectivity index (χ0v) is 16.2. The maximum absolute atomic E-state index is 12.9. The second-order valence-corrected chi connectivity index (χ2v) is 6.67. The molecule has 6 heteroatoms. The molecule has 1 fully saturated rings. The van der Waals surface area contributed by atoms with Crippen molar-refractivity contribution in [3.8, 4) is 11.5 Å². The van der Waals surface area contributed by atoms with E-state index in [4.69, 9.17) is 14.2 Å². The zero-order valence-electron chi connectivity index (χ0n) is 16.2. The van der Waals surface area contributed by atoms with Crippen molar-refractivity contribution in [2.45, 2.75) is 32.0 Å². The number of ether oxygens (including phenoxy) is 3. The minimum atomic E-state index is -1.01.